The second kappa shape index (κ2) is 23.6. The molecule has 9 aromatic rings. The number of benzene rings is 3. The number of aromatic amines is 3. The molecular formula is C63H73N9OS2. The largest absolute Gasteiger partial charge is 0.463 e. The van der Waals surface area contributed by atoms with Gasteiger partial charge >= 0.3 is 0 Å². The summed E-state index contributed by atoms with van der Waals surface area (Å²) in [6.45, 7) is 2.29. The summed E-state index contributed by atoms with van der Waals surface area (Å²) < 4.78 is 5.32. The average molecular weight is 1040 g/mol. The third kappa shape index (κ3) is 12.3. The Balaban J connectivity index is 0.000000129. The second-order valence-electron chi connectivity index (χ2n) is 21.6. The molecule has 12 heteroatoms. The van der Waals surface area contributed by atoms with E-state index in [9.17, 15) is 0 Å². The Morgan fingerprint density at radius 2 is 1.15 bits per heavy atom. The van der Waals surface area contributed by atoms with Crippen LogP contribution in [0.4, 0.5) is 0 Å². The van der Waals surface area contributed by atoms with Crippen molar-refractivity contribution in [1.82, 2.24) is 29.7 Å². The Morgan fingerprint density at radius 1 is 0.600 bits per heavy atom. The molecular weight excluding hydrogens is 963 g/mol. The maximum absolute atomic E-state index is 8.36. The number of rotatable bonds is 14. The zero-order valence-electron chi connectivity index (χ0n) is 44.3. The molecule has 2 atom stereocenters. The van der Waals surface area contributed by atoms with Gasteiger partial charge in [-0.1, -0.05) is 36.4 Å². The first-order valence-electron chi connectivity index (χ1n) is 26.8. The number of hydrogen-bond acceptors (Lipinski definition) is 9. The van der Waals surface area contributed by atoms with Gasteiger partial charge in [0.2, 0.25) is 0 Å². The van der Waals surface area contributed by atoms with E-state index in [1.165, 1.54) is 111 Å². The van der Waals surface area contributed by atoms with Gasteiger partial charge in [-0.3, -0.25) is 0 Å². The minimum atomic E-state index is 0.520. The number of hydrogen-bond donors (Lipinski definition) is 6. The van der Waals surface area contributed by atoms with Crippen molar-refractivity contribution in [2.75, 3.05) is 48.3 Å². The average Bonchev–Trinajstić information content (AvgIpc) is 4.29. The highest BCUT2D eigenvalue weighted by molar-refractivity contribution is 7.12. The van der Waals surface area contributed by atoms with Crippen molar-refractivity contribution in [2.45, 2.75) is 94.5 Å². The molecule has 0 radical (unpaired) electrons. The van der Waals surface area contributed by atoms with E-state index >= 15 is 0 Å². The zero-order chi connectivity index (χ0) is 52.0. The second-order valence-corrected chi connectivity index (χ2v) is 23.5. The van der Waals surface area contributed by atoms with Crippen molar-refractivity contribution in [2.24, 2.45) is 0 Å². The third-order valence-electron chi connectivity index (χ3n) is 16.1. The van der Waals surface area contributed by atoms with Crippen molar-refractivity contribution in [3.8, 4) is 0 Å². The van der Waals surface area contributed by atoms with Gasteiger partial charge in [-0.15, -0.1) is 22.7 Å². The Morgan fingerprint density at radius 3 is 1.64 bits per heavy atom. The first-order chi connectivity index (χ1) is 36.4. The molecule has 3 aliphatic rings. The molecule has 1 saturated heterocycles. The molecule has 6 aromatic heterocycles. The smallest absolute Gasteiger partial charge is 0.147 e. The van der Waals surface area contributed by atoms with E-state index in [-0.39, 0.29) is 0 Å². The molecule has 10 nitrogen and oxygen atoms in total. The number of H-pyrrole nitrogens is 3. The van der Waals surface area contributed by atoms with Crippen LogP contribution in [-0.2, 0) is 19.3 Å². The van der Waals surface area contributed by atoms with E-state index in [0.29, 0.717) is 60.0 Å². The SMILES string of the molecule is CN(C)C1CC=C(c2c[nH]c3ccc(CC(=N)c4cccs4)cc23)CC1.CN(C)C1CCC(c2c[nH]c3ccc(CC(=N)c4cccs4)cc23)CC1.CN1CCC(c2c[nH]c3ccc(CC(=N)c4ccco4)cc23)C1. The predicted octanol–water partition coefficient (Wildman–Crippen LogP) is 14.6. The number of nitrogens with one attached hydrogen (secondary N) is 6. The lowest BCUT2D eigenvalue weighted by atomic mass is 9.81. The molecule has 2 fully saturated rings. The Labute approximate surface area is 450 Å². The van der Waals surface area contributed by atoms with Crippen LogP contribution >= 0.6 is 22.7 Å². The first kappa shape index (κ1) is 52.0. The number of nitrogens with zero attached hydrogens (tertiary/aromatic N) is 3. The number of likely N-dealkylation sites (tertiary alicyclic amines) is 1. The minimum absolute atomic E-state index is 0.520. The summed E-state index contributed by atoms with van der Waals surface area (Å²) >= 11 is 3.29. The van der Waals surface area contributed by atoms with Gasteiger partial charge < -0.3 is 50.3 Å². The zero-order valence-corrected chi connectivity index (χ0v) is 45.9. The van der Waals surface area contributed by atoms with Crippen LogP contribution in [0.5, 0.6) is 0 Å². The highest BCUT2D eigenvalue weighted by Gasteiger charge is 2.26. The molecule has 2 unspecified atom stereocenters. The fraction of sp³-hybridized carbons (Fsp3) is 0.349. The number of thiophene rings is 2. The van der Waals surface area contributed by atoms with Gasteiger partial charge in [0.25, 0.3) is 0 Å². The van der Waals surface area contributed by atoms with Gasteiger partial charge in [-0.05, 0) is 210 Å². The Hall–Kier alpha value is -6.41. The van der Waals surface area contributed by atoms with Gasteiger partial charge in [0.1, 0.15) is 5.76 Å². The number of fused-ring (bicyclic) bond motifs is 3. The van der Waals surface area contributed by atoms with Crippen LogP contribution in [0, 0.1) is 16.2 Å². The Bertz CT molecular complexity index is 3380. The monoisotopic (exact) mass is 1040 g/mol. The van der Waals surface area contributed by atoms with Crippen LogP contribution < -0.4 is 0 Å². The predicted molar refractivity (Wildman–Crippen MR) is 317 cm³/mol. The van der Waals surface area contributed by atoms with Crippen LogP contribution in [0.3, 0.4) is 0 Å². The minimum Gasteiger partial charge on any atom is -0.463 e. The molecule has 1 aliphatic heterocycles. The molecule has 388 valence electrons. The summed E-state index contributed by atoms with van der Waals surface area (Å²) in [5, 5.41) is 32.9. The summed E-state index contributed by atoms with van der Waals surface area (Å²) in [6.07, 6.45) is 22.3. The lowest BCUT2D eigenvalue weighted by Gasteiger charge is -2.32. The van der Waals surface area contributed by atoms with Gasteiger partial charge in [0.15, 0.2) is 0 Å². The standard InChI is InChI=1S/C22H27N3S.C22H25N3S.C19H21N3O/c2*1-25(2)17-8-6-16(7-9-17)19-14-24-21-10-5-15(12-18(19)21)13-20(23)22-4-3-11-26-22;1-22-7-6-14(12-22)16-11-21-18-5-4-13(9-15(16)18)10-17(20)19-3-2-8-23-19/h3-5,10-12,14,16-17,23-24H,6-9,13H2,1-2H3;3-6,10-12,14,17,23-24H,7-9,13H2,1-2H3;2-5,8-9,11,14,20-21H,6-7,10,12H2,1H3. The third-order valence-corrected chi connectivity index (χ3v) is 17.9. The van der Waals surface area contributed by atoms with Crippen LogP contribution in [0.25, 0.3) is 38.3 Å². The molecule has 75 heavy (non-hydrogen) atoms. The van der Waals surface area contributed by atoms with E-state index in [1.54, 1.807) is 28.9 Å². The van der Waals surface area contributed by atoms with E-state index in [2.05, 4.69) is 144 Å². The highest BCUT2D eigenvalue weighted by atomic mass is 32.1. The maximum Gasteiger partial charge on any atom is 0.147 e. The normalized spacial score (nSPS) is 19.1. The van der Waals surface area contributed by atoms with E-state index in [4.69, 9.17) is 20.6 Å². The molecule has 6 N–H and O–H groups in total. The van der Waals surface area contributed by atoms with Crippen LogP contribution in [0.2, 0.25) is 0 Å². The molecule has 0 spiro atoms. The summed E-state index contributed by atoms with van der Waals surface area (Å²) in [5.41, 5.74) is 14.8. The molecule has 2 aliphatic carbocycles. The molecule has 7 heterocycles. The van der Waals surface area contributed by atoms with Gasteiger partial charge in [-0.25, -0.2) is 0 Å². The molecule has 12 rings (SSSR count). The van der Waals surface area contributed by atoms with Crippen molar-refractivity contribution < 1.29 is 4.42 Å². The van der Waals surface area contributed by atoms with Gasteiger partial charge in [-0.2, -0.15) is 0 Å². The summed E-state index contributed by atoms with van der Waals surface area (Å²) in [6, 6.07) is 32.8. The summed E-state index contributed by atoms with van der Waals surface area (Å²) in [5.74, 6) is 1.91. The van der Waals surface area contributed by atoms with E-state index < -0.39 is 0 Å². The number of likely N-dealkylation sites (N-methyl/N-ethyl adjacent to an activating group) is 1. The summed E-state index contributed by atoms with van der Waals surface area (Å²) in [7, 11) is 10.9. The lowest BCUT2D eigenvalue weighted by molar-refractivity contribution is 0.217. The maximum atomic E-state index is 8.36. The number of furan rings is 1. The van der Waals surface area contributed by atoms with Crippen molar-refractivity contribution in [3.63, 3.8) is 0 Å². The van der Waals surface area contributed by atoms with Crippen LogP contribution in [0.1, 0.15) is 112 Å². The quantitative estimate of drug-likeness (QED) is 0.0603. The van der Waals surface area contributed by atoms with Crippen LogP contribution in [0.15, 0.2) is 137 Å². The van der Waals surface area contributed by atoms with E-state index in [1.807, 2.05) is 47.2 Å². The molecule has 1 saturated carbocycles. The fourth-order valence-electron chi connectivity index (χ4n) is 11.7. The molecule has 3 aromatic carbocycles. The van der Waals surface area contributed by atoms with Gasteiger partial charge in [0, 0.05) is 105 Å². The fourth-order valence-corrected chi connectivity index (χ4v) is 13.0. The molecule has 0 amide bonds. The number of allylic oxidation sites excluding steroid dienone is 1. The Kier molecular flexibility index (Phi) is 16.4. The van der Waals surface area contributed by atoms with Crippen molar-refractivity contribution in [3.05, 3.63) is 182 Å². The lowest BCUT2D eigenvalue weighted by Crippen LogP contribution is -2.31. The van der Waals surface area contributed by atoms with Gasteiger partial charge in [0.05, 0.1) is 23.4 Å². The molecule has 0 bridgehead atoms. The first-order valence-corrected chi connectivity index (χ1v) is 28.5. The topological polar surface area (TPSA) is 142 Å². The van der Waals surface area contributed by atoms with E-state index in [0.717, 1.165) is 40.7 Å². The highest BCUT2D eigenvalue weighted by Crippen LogP contribution is 2.39. The van der Waals surface area contributed by atoms with Crippen molar-refractivity contribution >= 4 is 78.1 Å². The number of aromatic nitrogens is 3. The van der Waals surface area contributed by atoms with Crippen molar-refractivity contribution in [1.29, 1.82) is 16.2 Å². The summed E-state index contributed by atoms with van der Waals surface area (Å²) in [4.78, 5) is 19.5. The van der Waals surface area contributed by atoms with Crippen LogP contribution in [-0.4, -0.2) is 107 Å².